The highest BCUT2D eigenvalue weighted by Gasteiger charge is 2.36. The number of aromatic nitrogens is 2. The Morgan fingerprint density at radius 2 is 2.00 bits per heavy atom. The first-order valence-electron chi connectivity index (χ1n) is 9.72. The molecule has 4 nitrogen and oxygen atoms in total. The first-order chi connectivity index (χ1) is 13.9. The second-order valence-corrected chi connectivity index (χ2v) is 7.39. The van der Waals surface area contributed by atoms with Crippen LogP contribution < -0.4 is 4.90 Å². The molecule has 1 aromatic heterocycles. The normalized spacial score (nSPS) is 19.4. The van der Waals surface area contributed by atoms with Crippen LogP contribution in [0.3, 0.4) is 0 Å². The molecule has 0 N–H and O–H groups in total. The van der Waals surface area contributed by atoms with Gasteiger partial charge in [0.25, 0.3) is 0 Å². The van der Waals surface area contributed by atoms with Crippen LogP contribution in [0.5, 0.6) is 0 Å². The van der Waals surface area contributed by atoms with Gasteiger partial charge in [-0.1, -0.05) is 12.1 Å². The molecule has 1 fully saturated rings. The first kappa shape index (κ1) is 19.3. The van der Waals surface area contributed by atoms with E-state index in [0.29, 0.717) is 12.2 Å². The van der Waals surface area contributed by atoms with Gasteiger partial charge in [-0.2, -0.15) is 18.4 Å². The van der Waals surface area contributed by atoms with Crippen molar-refractivity contribution in [2.75, 3.05) is 11.4 Å². The maximum Gasteiger partial charge on any atom is 0.417 e. The van der Waals surface area contributed by atoms with Crippen molar-refractivity contribution < 1.29 is 13.2 Å². The van der Waals surface area contributed by atoms with Crippen LogP contribution in [-0.4, -0.2) is 22.1 Å². The highest BCUT2D eigenvalue weighted by molar-refractivity contribution is 5.75. The van der Waals surface area contributed by atoms with Crippen LogP contribution in [0.4, 0.5) is 18.9 Å². The fourth-order valence-electron chi connectivity index (χ4n) is 4.43. The van der Waals surface area contributed by atoms with Gasteiger partial charge in [-0.15, -0.1) is 0 Å². The molecule has 0 aliphatic heterocycles. The van der Waals surface area contributed by atoms with Crippen molar-refractivity contribution in [3.63, 3.8) is 0 Å². The molecule has 1 heterocycles. The summed E-state index contributed by atoms with van der Waals surface area (Å²) in [7, 11) is 0. The third-order valence-electron chi connectivity index (χ3n) is 5.79. The van der Waals surface area contributed by atoms with Crippen molar-refractivity contribution >= 4 is 16.7 Å². The van der Waals surface area contributed by atoms with Crippen molar-refractivity contribution in [1.82, 2.24) is 9.55 Å². The summed E-state index contributed by atoms with van der Waals surface area (Å²) in [5, 5.41) is 9.03. The van der Waals surface area contributed by atoms with E-state index in [9.17, 15) is 13.2 Å². The summed E-state index contributed by atoms with van der Waals surface area (Å²) in [6, 6.07) is 14.0. The van der Waals surface area contributed by atoms with Gasteiger partial charge in [0.2, 0.25) is 0 Å². The highest BCUT2D eigenvalue weighted by Crippen LogP contribution is 2.39. The van der Waals surface area contributed by atoms with Crippen LogP contribution in [0.25, 0.3) is 11.0 Å². The van der Waals surface area contributed by atoms with Crippen molar-refractivity contribution in [3.05, 3.63) is 59.9 Å². The standard InChI is InChI=1S/C22H21F3N4/c1-2-28(18-8-7-15(13-26)19(12-18)22(23,24)25)16-9-10-17(11-16)29-14-27-20-5-3-4-6-21(20)29/h3-8,12,14,16-17H,2,9-11H2,1H3. The minimum Gasteiger partial charge on any atom is -0.369 e. The Kier molecular flexibility index (Phi) is 4.95. The minimum atomic E-state index is -4.55. The third kappa shape index (κ3) is 3.55. The van der Waals surface area contributed by atoms with E-state index in [1.807, 2.05) is 42.4 Å². The molecule has 0 bridgehead atoms. The van der Waals surface area contributed by atoms with Gasteiger partial charge in [-0.3, -0.25) is 0 Å². The molecular weight excluding hydrogens is 377 g/mol. The number of nitrogens with zero attached hydrogens (tertiary/aromatic N) is 4. The number of alkyl halides is 3. The van der Waals surface area contributed by atoms with Gasteiger partial charge in [-0.25, -0.2) is 4.98 Å². The van der Waals surface area contributed by atoms with Crippen LogP contribution in [0.1, 0.15) is 43.4 Å². The Balaban J connectivity index is 1.60. The van der Waals surface area contributed by atoms with E-state index in [1.54, 1.807) is 12.1 Å². The Morgan fingerprint density at radius 3 is 2.72 bits per heavy atom. The summed E-state index contributed by atoms with van der Waals surface area (Å²) in [4.78, 5) is 6.49. The number of rotatable bonds is 4. The number of benzene rings is 2. The van der Waals surface area contributed by atoms with Gasteiger partial charge in [0.15, 0.2) is 0 Å². The van der Waals surface area contributed by atoms with Gasteiger partial charge in [-0.05, 0) is 56.5 Å². The van der Waals surface area contributed by atoms with Crippen molar-refractivity contribution in [2.24, 2.45) is 0 Å². The molecule has 7 heteroatoms. The SMILES string of the molecule is CCN(c1ccc(C#N)c(C(F)(F)F)c1)C1CCC(n2cnc3ccccc32)C1. The number of nitriles is 1. The molecule has 1 aliphatic rings. The van der Waals surface area contributed by atoms with Gasteiger partial charge in [0.05, 0.1) is 34.6 Å². The van der Waals surface area contributed by atoms with Gasteiger partial charge >= 0.3 is 6.18 Å². The molecule has 0 saturated heterocycles. The van der Waals surface area contributed by atoms with Gasteiger partial charge < -0.3 is 9.47 Å². The predicted molar refractivity (Wildman–Crippen MR) is 106 cm³/mol. The number of halogens is 3. The fourth-order valence-corrected chi connectivity index (χ4v) is 4.43. The Bertz CT molecular complexity index is 1060. The van der Waals surface area contributed by atoms with Crippen molar-refractivity contribution in [3.8, 4) is 6.07 Å². The number of imidazole rings is 1. The summed E-state index contributed by atoms with van der Waals surface area (Å²) in [5.41, 5.74) is 1.33. The van der Waals surface area contributed by atoms with E-state index in [0.717, 1.165) is 36.4 Å². The second kappa shape index (κ2) is 7.43. The Labute approximate surface area is 167 Å². The third-order valence-corrected chi connectivity index (χ3v) is 5.79. The summed E-state index contributed by atoms with van der Waals surface area (Å²) < 4.78 is 42.3. The fraction of sp³-hybridized carbons (Fsp3) is 0.364. The van der Waals surface area contributed by atoms with Crippen LogP contribution in [-0.2, 0) is 6.18 Å². The summed E-state index contributed by atoms with van der Waals surface area (Å²) >= 11 is 0. The first-order valence-corrected chi connectivity index (χ1v) is 9.72. The summed E-state index contributed by atoms with van der Waals surface area (Å²) in [5.74, 6) is 0. The largest absolute Gasteiger partial charge is 0.417 e. The zero-order chi connectivity index (χ0) is 20.6. The predicted octanol–water partition coefficient (Wildman–Crippen LogP) is 5.55. The number of hydrogen-bond acceptors (Lipinski definition) is 3. The zero-order valence-electron chi connectivity index (χ0n) is 16.0. The van der Waals surface area contributed by atoms with E-state index in [1.165, 1.54) is 6.07 Å². The molecule has 2 aromatic carbocycles. The van der Waals surface area contributed by atoms with Gasteiger partial charge in [0.1, 0.15) is 0 Å². The van der Waals surface area contributed by atoms with Crippen LogP contribution in [0, 0.1) is 11.3 Å². The van der Waals surface area contributed by atoms with E-state index >= 15 is 0 Å². The quantitative estimate of drug-likeness (QED) is 0.579. The molecule has 29 heavy (non-hydrogen) atoms. The van der Waals surface area contributed by atoms with Crippen molar-refractivity contribution in [2.45, 2.75) is 44.4 Å². The number of anilines is 1. The molecule has 3 aromatic rings. The molecule has 1 aliphatic carbocycles. The molecule has 0 amide bonds. The maximum absolute atomic E-state index is 13.4. The zero-order valence-corrected chi connectivity index (χ0v) is 16.0. The topological polar surface area (TPSA) is 44.9 Å². The molecule has 2 atom stereocenters. The molecule has 4 rings (SSSR count). The smallest absolute Gasteiger partial charge is 0.369 e. The lowest BCUT2D eigenvalue weighted by molar-refractivity contribution is -0.137. The Morgan fingerprint density at radius 1 is 1.21 bits per heavy atom. The lowest BCUT2D eigenvalue weighted by Gasteiger charge is -2.31. The molecule has 2 unspecified atom stereocenters. The van der Waals surface area contributed by atoms with Gasteiger partial charge in [0, 0.05) is 24.3 Å². The molecule has 150 valence electrons. The number of hydrogen-bond donors (Lipinski definition) is 0. The molecular formula is C22H21F3N4. The maximum atomic E-state index is 13.4. The van der Waals surface area contributed by atoms with E-state index in [2.05, 4.69) is 9.55 Å². The summed E-state index contributed by atoms with van der Waals surface area (Å²) in [6.45, 7) is 2.55. The monoisotopic (exact) mass is 398 g/mol. The number of fused-ring (bicyclic) bond motifs is 1. The molecule has 0 radical (unpaired) electrons. The van der Waals surface area contributed by atoms with Crippen LogP contribution in [0.2, 0.25) is 0 Å². The van der Waals surface area contributed by atoms with E-state index in [4.69, 9.17) is 5.26 Å². The number of para-hydroxylation sites is 2. The van der Waals surface area contributed by atoms with E-state index in [-0.39, 0.29) is 17.6 Å². The highest BCUT2D eigenvalue weighted by atomic mass is 19.4. The lowest BCUT2D eigenvalue weighted by atomic mass is 10.1. The summed E-state index contributed by atoms with van der Waals surface area (Å²) in [6.07, 6.45) is -0.00225. The second-order valence-electron chi connectivity index (χ2n) is 7.39. The average molecular weight is 398 g/mol. The Hall–Kier alpha value is -3.01. The van der Waals surface area contributed by atoms with Crippen LogP contribution >= 0.6 is 0 Å². The minimum absolute atomic E-state index is 0.139. The molecule has 1 saturated carbocycles. The molecule has 0 spiro atoms. The lowest BCUT2D eigenvalue weighted by Crippen LogP contribution is -2.33. The van der Waals surface area contributed by atoms with Crippen LogP contribution in [0.15, 0.2) is 48.8 Å². The van der Waals surface area contributed by atoms with E-state index < -0.39 is 11.7 Å². The van der Waals surface area contributed by atoms with Crippen molar-refractivity contribution in [1.29, 1.82) is 5.26 Å². The average Bonchev–Trinajstić information content (AvgIpc) is 3.35.